The Hall–Kier alpha value is 0.0400. The van der Waals surface area contributed by atoms with Gasteiger partial charge < -0.3 is 4.90 Å². The van der Waals surface area contributed by atoms with Gasteiger partial charge in [0.05, 0.1) is 0 Å². The largest absolute Gasteiger partial charge is 0.302 e. The molecule has 6 rings (SSSR count). The minimum Gasteiger partial charge on any atom is -0.302 e. The smallest absolute Gasteiger partial charge is 0.0382 e. The van der Waals surface area contributed by atoms with E-state index in [4.69, 9.17) is 0 Å². The van der Waals surface area contributed by atoms with Gasteiger partial charge in [0.1, 0.15) is 0 Å². The fourth-order valence-corrected chi connectivity index (χ4v) is 19.4. The fraction of sp³-hybridized carbons (Fsp3) is 0.842. The molecule has 0 spiro atoms. The van der Waals surface area contributed by atoms with Crippen LogP contribution in [-0.4, -0.2) is 47.3 Å². The summed E-state index contributed by atoms with van der Waals surface area (Å²) in [7, 11) is 5.01. The number of hydrogen-bond donors (Lipinski definition) is 0. The van der Waals surface area contributed by atoms with Crippen LogP contribution < -0.4 is 5.30 Å². The summed E-state index contributed by atoms with van der Waals surface area (Å²) in [5.74, 6) is 0.885. The van der Waals surface area contributed by atoms with Crippen molar-refractivity contribution in [2.24, 2.45) is 5.92 Å². The van der Waals surface area contributed by atoms with Crippen molar-refractivity contribution in [1.82, 2.24) is 4.90 Å². The summed E-state index contributed by atoms with van der Waals surface area (Å²) >= 11 is 0. The van der Waals surface area contributed by atoms with Gasteiger partial charge in [-0.3, -0.25) is 0 Å². The maximum atomic E-state index is 2.73. The van der Waals surface area contributed by atoms with Gasteiger partial charge >= 0.3 is 0 Å². The average molecular weight is 596 g/mol. The van der Waals surface area contributed by atoms with Crippen molar-refractivity contribution in [2.75, 3.05) is 14.1 Å². The summed E-state index contributed by atoms with van der Waals surface area (Å²) in [6.45, 7) is 0. The molecule has 1 aromatic rings. The van der Waals surface area contributed by atoms with Gasteiger partial charge in [-0.05, 0) is 123 Å². The standard InChI is InChI=1S/C38H63NP2/c1-39(2)38(35-27-17-29-37(35)41(32-22-11-5-12-23-32)33-24-13-6-14-25-33)34-26-15-16-28-36(34)40(30-18-7-3-8-19-30)31-20-9-4-10-21-31/h15-16,26,28,30-33,35,37-38H,3-14,17-25,27,29H2,1-2H3. The average Bonchev–Trinajstić information content (AvgIpc) is 3.49. The van der Waals surface area contributed by atoms with Crippen molar-refractivity contribution < 1.29 is 0 Å². The summed E-state index contributed by atoms with van der Waals surface area (Å²) in [4.78, 5) is 2.73. The lowest BCUT2D eigenvalue weighted by atomic mass is 9.90. The Balaban J connectivity index is 1.35. The molecule has 3 atom stereocenters. The van der Waals surface area contributed by atoms with Crippen molar-refractivity contribution in [1.29, 1.82) is 0 Å². The van der Waals surface area contributed by atoms with E-state index in [0.717, 1.165) is 34.2 Å². The minimum atomic E-state index is -0.0597. The third kappa shape index (κ3) is 7.31. The van der Waals surface area contributed by atoms with E-state index in [1.807, 2.05) is 5.30 Å². The molecule has 0 saturated heterocycles. The van der Waals surface area contributed by atoms with Crippen LogP contribution in [0.5, 0.6) is 0 Å². The van der Waals surface area contributed by atoms with E-state index < -0.39 is 0 Å². The lowest BCUT2D eigenvalue weighted by Crippen LogP contribution is -2.38. The van der Waals surface area contributed by atoms with Crippen molar-refractivity contribution in [3.05, 3.63) is 29.8 Å². The van der Waals surface area contributed by atoms with E-state index in [1.54, 1.807) is 37.7 Å². The molecule has 0 aliphatic heterocycles. The second kappa shape index (κ2) is 15.4. The molecule has 0 amide bonds. The third-order valence-electron chi connectivity index (χ3n) is 12.3. The summed E-state index contributed by atoms with van der Waals surface area (Å²) in [5.41, 5.74) is 6.99. The van der Waals surface area contributed by atoms with Crippen LogP contribution in [0.3, 0.4) is 0 Å². The van der Waals surface area contributed by atoms with E-state index in [0.29, 0.717) is 6.04 Å². The van der Waals surface area contributed by atoms with Gasteiger partial charge in [0.2, 0.25) is 0 Å². The molecule has 5 saturated carbocycles. The molecule has 0 bridgehead atoms. The highest BCUT2D eigenvalue weighted by molar-refractivity contribution is 7.67. The minimum absolute atomic E-state index is 0.0597. The highest BCUT2D eigenvalue weighted by Crippen LogP contribution is 2.65. The fourth-order valence-electron chi connectivity index (χ4n) is 10.6. The SMILES string of the molecule is CN(C)C(c1ccccc1P(C1CCCCC1)C1CCCCC1)C1CCCC1P(C1CCCCC1)C1CCCCC1. The number of hydrogen-bond acceptors (Lipinski definition) is 1. The van der Waals surface area contributed by atoms with Gasteiger partial charge in [-0.25, -0.2) is 0 Å². The predicted octanol–water partition coefficient (Wildman–Crippen LogP) is 11.4. The lowest BCUT2D eigenvalue weighted by molar-refractivity contribution is 0.216. The molecular formula is C38H63NP2. The molecule has 0 radical (unpaired) electrons. The van der Waals surface area contributed by atoms with Crippen molar-refractivity contribution >= 4 is 21.1 Å². The first-order valence-corrected chi connectivity index (χ1v) is 21.6. The maximum Gasteiger partial charge on any atom is 0.0382 e. The highest BCUT2D eigenvalue weighted by atomic mass is 31.1. The van der Waals surface area contributed by atoms with E-state index in [2.05, 4.69) is 43.3 Å². The van der Waals surface area contributed by atoms with E-state index in [9.17, 15) is 0 Å². The number of benzene rings is 1. The lowest BCUT2D eigenvalue weighted by Gasteiger charge is -2.47. The first-order valence-electron chi connectivity index (χ1n) is 18.5. The molecular weight excluding hydrogens is 532 g/mol. The molecule has 1 nitrogen and oxygen atoms in total. The second-order valence-corrected chi connectivity index (χ2v) is 20.9. The third-order valence-corrected chi connectivity index (χ3v) is 20.0. The van der Waals surface area contributed by atoms with Crippen LogP contribution in [-0.2, 0) is 0 Å². The van der Waals surface area contributed by atoms with Crippen LogP contribution in [0.15, 0.2) is 24.3 Å². The summed E-state index contributed by atoms with van der Waals surface area (Å²) in [6, 6.07) is 10.8. The van der Waals surface area contributed by atoms with Crippen LogP contribution in [0.2, 0.25) is 0 Å². The van der Waals surface area contributed by atoms with Crippen LogP contribution in [0, 0.1) is 5.92 Å². The second-order valence-electron chi connectivity index (χ2n) is 15.2. The molecule has 3 unspecified atom stereocenters. The quantitative estimate of drug-likeness (QED) is 0.257. The topological polar surface area (TPSA) is 3.24 Å². The Bertz CT molecular complexity index is 871. The monoisotopic (exact) mass is 595 g/mol. The van der Waals surface area contributed by atoms with E-state index >= 15 is 0 Å². The Labute approximate surface area is 257 Å². The van der Waals surface area contributed by atoms with Crippen LogP contribution >= 0.6 is 15.8 Å². The molecule has 41 heavy (non-hydrogen) atoms. The highest BCUT2D eigenvalue weighted by Gasteiger charge is 2.46. The Kier molecular flexibility index (Phi) is 11.6. The molecule has 0 N–H and O–H groups in total. The van der Waals surface area contributed by atoms with Crippen molar-refractivity contribution in [3.63, 3.8) is 0 Å². The van der Waals surface area contributed by atoms with Crippen LogP contribution in [0.25, 0.3) is 0 Å². The van der Waals surface area contributed by atoms with E-state index in [-0.39, 0.29) is 15.8 Å². The van der Waals surface area contributed by atoms with E-state index in [1.165, 1.54) is 116 Å². The molecule has 230 valence electrons. The normalized spacial score (nSPS) is 29.1. The van der Waals surface area contributed by atoms with Gasteiger partial charge in [-0.1, -0.05) is 124 Å². The molecule has 5 fully saturated rings. The maximum absolute atomic E-state index is 2.73. The van der Waals surface area contributed by atoms with Crippen molar-refractivity contribution in [2.45, 2.75) is 182 Å². The van der Waals surface area contributed by atoms with Gasteiger partial charge in [0, 0.05) is 6.04 Å². The molecule has 1 aromatic carbocycles. The Morgan fingerprint density at radius 1 is 0.537 bits per heavy atom. The molecule has 5 aliphatic rings. The zero-order valence-corrected chi connectivity index (χ0v) is 28.7. The first-order chi connectivity index (χ1) is 20.2. The Morgan fingerprint density at radius 3 is 1.49 bits per heavy atom. The summed E-state index contributed by atoms with van der Waals surface area (Å²) in [6.07, 6.45) is 35.0. The molecule has 5 aliphatic carbocycles. The molecule has 0 aromatic heterocycles. The van der Waals surface area contributed by atoms with Gasteiger partial charge in [0.25, 0.3) is 0 Å². The zero-order chi connectivity index (χ0) is 28.0. The van der Waals surface area contributed by atoms with Gasteiger partial charge in [-0.15, -0.1) is 0 Å². The van der Waals surface area contributed by atoms with Crippen LogP contribution in [0.1, 0.15) is 159 Å². The van der Waals surface area contributed by atoms with Crippen LogP contribution in [0.4, 0.5) is 0 Å². The molecule has 3 heteroatoms. The zero-order valence-electron chi connectivity index (χ0n) is 27.0. The number of rotatable bonds is 9. The number of nitrogens with zero attached hydrogens (tertiary/aromatic N) is 1. The summed E-state index contributed by atoms with van der Waals surface area (Å²) < 4.78 is 0. The van der Waals surface area contributed by atoms with Crippen molar-refractivity contribution in [3.8, 4) is 0 Å². The Morgan fingerprint density at radius 2 is 1.00 bits per heavy atom. The summed E-state index contributed by atoms with van der Waals surface area (Å²) in [5, 5.41) is 1.88. The van der Waals surface area contributed by atoms with Gasteiger partial charge in [0.15, 0.2) is 0 Å². The molecule has 0 heterocycles. The first kappa shape index (κ1) is 31.0. The predicted molar refractivity (Wildman–Crippen MR) is 185 cm³/mol. The van der Waals surface area contributed by atoms with Gasteiger partial charge in [-0.2, -0.15) is 0 Å².